The molecule has 12 heteroatoms. The second-order valence-corrected chi connectivity index (χ2v) is 8.37. The maximum absolute atomic E-state index is 12.7. The Morgan fingerprint density at radius 2 is 1.70 bits per heavy atom. The van der Waals surface area contributed by atoms with E-state index in [0.29, 0.717) is 12.1 Å². The number of hydrogen-bond donors (Lipinski definition) is 1. The summed E-state index contributed by atoms with van der Waals surface area (Å²) in [5.74, 6) is -2.57. The molecule has 0 spiro atoms. The highest BCUT2D eigenvalue weighted by atomic mass is 19.4. The average molecular weight is 512 g/mol. The summed E-state index contributed by atoms with van der Waals surface area (Å²) in [5.41, 5.74) is 4.20. The van der Waals surface area contributed by atoms with Gasteiger partial charge in [-0.25, -0.2) is 19.7 Å². The number of carbonyl (C=O) groups is 2. The number of aliphatic carboxylic acids is 1. The number of fused-ring (bicyclic) bond motifs is 1. The Balaban J connectivity index is 0.000000405. The number of alkyl halides is 3. The van der Waals surface area contributed by atoms with Crippen LogP contribution >= 0.6 is 0 Å². The summed E-state index contributed by atoms with van der Waals surface area (Å²) in [6.45, 7) is 1.48. The van der Waals surface area contributed by atoms with Crippen LogP contribution in [0, 0.1) is 0 Å². The van der Waals surface area contributed by atoms with E-state index in [1.54, 1.807) is 18.6 Å². The predicted molar refractivity (Wildman–Crippen MR) is 127 cm³/mol. The Kier molecular flexibility index (Phi) is 7.75. The second-order valence-electron chi connectivity index (χ2n) is 8.37. The fraction of sp³-hybridized carbons (Fsp3) is 0.280. The zero-order valence-corrected chi connectivity index (χ0v) is 19.5. The van der Waals surface area contributed by atoms with Crippen LogP contribution < -0.4 is 0 Å². The molecule has 1 fully saturated rings. The fourth-order valence-electron chi connectivity index (χ4n) is 4.01. The van der Waals surface area contributed by atoms with Crippen molar-refractivity contribution in [1.29, 1.82) is 0 Å². The van der Waals surface area contributed by atoms with Crippen LogP contribution in [0.5, 0.6) is 0 Å². The van der Waals surface area contributed by atoms with Crippen LogP contribution in [-0.2, 0) is 16.0 Å². The first-order chi connectivity index (χ1) is 17.7. The first-order valence-corrected chi connectivity index (χ1v) is 11.4. The van der Waals surface area contributed by atoms with Gasteiger partial charge in [0.15, 0.2) is 11.3 Å². The number of amides is 1. The van der Waals surface area contributed by atoms with E-state index in [1.165, 1.54) is 0 Å². The molecule has 3 aromatic heterocycles. The zero-order valence-electron chi connectivity index (χ0n) is 19.5. The summed E-state index contributed by atoms with van der Waals surface area (Å²) in [4.78, 5) is 41.4. The molecule has 1 aromatic carbocycles. The number of hydrogen-bond acceptors (Lipinski definition) is 6. The van der Waals surface area contributed by atoms with E-state index in [9.17, 15) is 18.0 Å². The smallest absolute Gasteiger partial charge is 0.475 e. The lowest BCUT2D eigenvalue weighted by molar-refractivity contribution is -0.192. The van der Waals surface area contributed by atoms with Gasteiger partial charge in [-0.05, 0) is 30.5 Å². The molecule has 0 aliphatic carbocycles. The van der Waals surface area contributed by atoms with Gasteiger partial charge in [0.1, 0.15) is 0 Å². The molecule has 9 nitrogen and oxygen atoms in total. The van der Waals surface area contributed by atoms with Gasteiger partial charge in [-0.15, -0.1) is 0 Å². The Morgan fingerprint density at radius 1 is 1.00 bits per heavy atom. The quantitative estimate of drug-likeness (QED) is 0.441. The van der Waals surface area contributed by atoms with Crippen LogP contribution in [0.25, 0.3) is 22.6 Å². The van der Waals surface area contributed by atoms with Crippen molar-refractivity contribution in [1.82, 2.24) is 29.4 Å². The summed E-state index contributed by atoms with van der Waals surface area (Å²) in [7, 11) is 0. The maximum Gasteiger partial charge on any atom is 0.490 e. The predicted octanol–water partition coefficient (Wildman–Crippen LogP) is 3.93. The number of imidazole rings is 1. The lowest BCUT2D eigenvalue weighted by Crippen LogP contribution is -2.39. The van der Waals surface area contributed by atoms with E-state index in [-0.39, 0.29) is 11.9 Å². The van der Waals surface area contributed by atoms with Crippen LogP contribution in [0.1, 0.15) is 24.4 Å². The third-order valence-corrected chi connectivity index (χ3v) is 5.89. The van der Waals surface area contributed by atoms with Crippen molar-refractivity contribution in [3.8, 4) is 11.3 Å². The van der Waals surface area contributed by atoms with Crippen LogP contribution in [0.4, 0.5) is 13.2 Å². The lowest BCUT2D eigenvalue weighted by atomic mass is 10.0. The Morgan fingerprint density at radius 3 is 2.32 bits per heavy atom. The molecule has 37 heavy (non-hydrogen) atoms. The van der Waals surface area contributed by atoms with Gasteiger partial charge in [-0.3, -0.25) is 9.78 Å². The van der Waals surface area contributed by atoms with Gasteiger partial charge >= 0.3 is 12.1 Å². The number of likely N-dealkylation sites (tertiary alicyclic amines) is 1. The number of carboxylic acids is 1. The monoisotopic (exact) mass is 512 g/mol. The van der Waals surface area contributed by atoms with Crippen molar-refractivity contribution in [2.75, 3.05) is 13.1 Å². The molecular formula is C25H23F3N6O3. The van der Waals surface area contributed by atoms with Crippen LogP contribution in [0.2, 0.25) is 0 Å². The lowest BCUT2D eigenvalue weighted by Gasteiger charge is -2.32. The van der Waals surface area contributed by atoms with Gasteiger partial charge in [0.25, 0.3) is 0 Å². The molecule has 1 amide bonds. The first-order valence-electron chi connectivity index (χ1n) is 11.4. The molecular weight excluding hydrogens is 489 g/mol. The number of carbonyl (C=O) groups excluding carboxylic acids is 1. The molecule has 1 aliphatic rings. The number of aromatic nitrogens is 5. The summed E-state index contributed by atoms with van der Waals surface area (Å²) in [6, 6.07) is 14.0. The minimum atomic E-state index is -5.08. The fourth-order valence-corrected chi connectivity index (χ4v) is 4.01. The molecule has 0 atom stereocenters. The number of piperidine rings is 1. The van der Waals surface area contributed by atoms with Gasteiger partial charge in [-0.2, -0.15) is 13.2 Å². The summed E-state index contributed by atoms with van der Waals surface area (Å²) in [5, 5.41) is 7.12. The molecule has 0 radical (unpaired) electrons. The molecule has 0 bridgehead atoms. The molecule has 1 N–H and O–H groups in total. The topological polar surface area (TPSA) is 114 Å². The molecule has 1 saturated heterocycles. The van der Waals surface area contributed by atoms with Crippen molar-refractivity contribution >= 4 is 23.2 Å². The van der Waals surface area contributed by atoms with E-state index in [1.807, 2.05) is 53.7 Å². The van der Waals surface area contributed by atoms with E-state index < -0.39 is 12.1 Å². The van der Waals surface area contributed by atoms with Gasteiger partial charge in [0.05, 0.1) is 24.6 Å². The van der Waals surface area contributed by atoms with Crippen molar-refractivity contribution in [3.63, 3.8) is 0 Å². The van der Waals surface area contributed by atoms with Crippen LogP contribution in [-0.4, -0.2) is 65.7 Å². The molecule has 0 unspecified atom stereocenters. The summed E-state index contributed by atoms with van der Waals surface area (Å²) in [6.07, 6.45) is 4.22. The van der Waals surface area contributed by atoms with Crippen molar-refractivity contribution in [3.05, 3.63) is 72.9 Å². The average Bonchev–Trinajstić information content (AvgIpc) is 3.33. The third-order valence-electron chi connectivity index (χ3n) is 5.89. The molecule has 192 valence electrons. The number of nitrogens with zero attached hydrogens (tertiary/aromatic N) is 6. The van der Waals surface area contributed by atoms with Gasteiger partial charge < -0.3 is 14.6 Å². The second kappa shape index (κ2) is 11.1. The van der Waals surface area contributed by atoms with Crippen molar-refractivity contribution < 1.29 is 27.9 Å². The highest BCUT2D eigenvalue weighted by Crippen LogP contribution is 2.27. The van der Waals surface area contributed by atoms with Crippen LogP contribution in [0.15, 0.2) is 67.4 Å². The number of carboxylic acid groups (broad SMARTS) is 1. The maximum atomic E-state index is 12.7. The van der Waals surface area contributed by atoms with E-state index in [4.69, 9.17) is 14.9 Å². The molecule has 1 aliphatic heterocycles. The highest BCUT2D eigenvalue weighted by Gasteiger charge is 2.38. The Hall–Kier alpha value is -4.35. The molecule has 4 heterocycles. The minimum Gasteiger partial charge on any atom is -0.475 e. The van der Waals surface area contributed by atoms with Gasteiger partial charge in [0.2, 0.25) is 5.91 Å². The van der Waals surface area contributed by atoms with E-state index in [0.717, 1.165) is 48.4 Å². The number of benzene rings is 1. The normalized spacial score (nSPS) is 14.2. The van der Waals surface area contributed by atoms with Crippen molar-refractivity contribution in [2.24, 2.45) is 0 Å². The molecule has 4 aromatic rings. The summed E-state index contributed by atoms with van der Waals surface area (Å²) < 4.78 is 33.8. The van der Waals surface area contributed by atoms with Gasteiger partial charge in [0, 0.05) is 37.1 Å². The van der Waals surface area contributed by atoms with Crippen LogP contribution in [0.3, 0.4) is 0 Å². The van der Waals surface area contributed by atoms with E-state index in [2.05, 4.69) is 19.5 Å². The zero-order chi connectivity index (χ0) is 26.4. The van der Waals surface area contributed by atoms with Crippen molar-refractivity contribution in [2.45, 2.75) is 31.5 Å². The largest absolute Gasteiger partial charge is 0.490 e. The highest BCUT2D eigenvalue weighted by molar-refractivity contribution is 5.79. The molecule has 5 rings (SSSR count). The SMILES string of the molecule is O=C(Cc1ccccc1)N1CCC(n2cnc3ncc(-c4cccnc4)nc32)CC1.O=C(O)C(F)(F)F. The van der Waals surface area contributed by atoms with E-state index >= 15 is 0 Å². The first kappa shape index (κ1) is 25.7. The van der Waals surface area contributed by atoms with Gasteiger partial charge in [-0.1, -0.05) is 30.3 Å². The number of halogens is 3. The number of pyridine rings is 1. The number of rotatable bonds is 4. The Bertz CT molecular complexity index is 1350. The minimum absolute atomic E-state index is 0.189. The Labute approximate surface area is 209 Å². The molecule has 0 saturated carbocycles. The standard InChI is InChI=1S/C23H22N6O.C2HF3O2/c30-21(13-17-5-2-1-3-6-17)28-11-8-19(9-12-28)29-16-26-22-23(29)27-20(15-25-22)18-7-4-10-24-14-18;3-2(4,5)1(6)7/h1-7,10,14-16,19H,8-9,11-13H2;(H,6,7). The summed E-state index contributed by atoms with van der Waals surface area (Å²) >= 11 is 0. The third kappa shape index (κ3) is 6.46.